The molecule has 0 atom stereocenters. The van der Waals surface area contributed by atoms with Crippen LogP contribution in [0.4, 0.5) is 0 Å². The maximum Gasteiger partial charge on any atom is 0.217 e. The summed E-state index contributed by atoms with van der Waals surface area (Å²) < 4.78 is 34.5. The van der Waals surface area contributed by atoms with Crippen LogP contribution in [0, 0.1) is 0 Å². The zero-order chi connectivity index (χ0) is 16.4. The molecule has 5 nitrogen and oxygen atoms in total. The van der Waals surface area contributed by atoms with Crippen molar-refractivity contribution in [3.63, 3.8) is 0 Å². The zero-order valence-electron chi connectivity index (χ0n) is 13.5. The average Bonchev–Trinajstić information content (AvgIpc) is 2.44. The second-order valence-electron chi connectivity index (χ2n) is 4.99. The molecule has 0 aliphatic heterocycles. The molecule has 0 saturated carbocycles. The van der Waals surface area contributed by atoms with E-state index in [1.807, 2.05) is 0 Å². The molecule has 0 aliphatic rings. The van der Waals surface area contributed by atoms with E-state index in [4.69, 9.17) is 0 Å². The van der Waals surface area contributed by atoms with Gasteiger partial charge in [-0.05, 0) is 12.5 Å². The van der Waals surface area contributed by atoms with Gasteiger partial charge >= 0.3 is 0 Å². The maximum atomic E-state index is 10.1. The average molecular weight is 323 g/mol. The molecule has 0 fully saturated rings. The fraction of sp³-hybridized carbons (Fsp3) is 0.867. The summed E-state index contributed by atoms with van der Waals surface area (Å²) in [5.74, 6) is 0. The lowest BCUT2D eigenvalue weighted by molar-refractivity contribution is -0.352. The Morgan fingerprint density at radius 1 is 1.00 bits per heavy atom. The Bertz CT molecular complexity index is 305. The standard InChI is InChI=1S/C12H26O4S.C3H7N/c1-2-3-4-5-6-7-8-9-10-11-12-16-17(13,14)15;1-2-3-4/h2-12H2,1H3,(H,13,14,15);2H,1,3-4H2. The molecule has 128 valence electrons. The molecule has 0 aromatic rings. The van der Waals surface area contributed by atoms with Crippen molar-refractivity contribution in [2.24, 2.45) is 0 Å². The van der Waals surface area contributed by atoms with Gasteiger partial charge in [0.25, 0.3) is 0 Å². The van der Waals surface area contributed by atoms with Crippen LogP contribution >= 0.6 is 0 Å². The molecule has 0 aromatic heterocycles. The normalized spacial score (nSPS) is 10.8. The molecular formula is C15H33NO4S. The fourth-order valence-corrected chi connectivity index (χ4v) is 2.07. The largest absolute Gasteiger partial charge is 0.726 e. The second kappa shape index (κ2) is 17.6. The summed E-state index contributed by atoms with van der Waals surface area (Å²) in [7, 11) is -4.48. The number of hydrogen-bond donors (Lipinski definition) is 1. The van der Waals surface area contributed by atoms with Gasteiger partial charge in [0.05, 0.1) is 13.2 Å². The molecule has 0 radical (unpaired) electrons. The van der Waals surface area contributed by atoms with E-state index in [-0.39, 0.29) is 6.61 Å². The van der Waals surface area contributed by atoms with E-state index in [9.17, 15) is 13.0 Å². The molecule has 0 amide bonds. The highest BCUT2D eigenvalue weighted by Crippen LogP contribution is 2.10. The van der Waals surface area contributed by atoms with E-state index >= 15 is 0 Å². The van der Waals surface area contributed by atoms with E-state index in [0.717, 1.165) is 19.4 Å². The van der Waals surface area contributed by atoms with Gasteiger partial charge in [0.1, 0.15) is 0 Å². The first-order chi connectivity index (χ1) is 9.97. The molecular weight excluding hydrogens is 290 g/mol. The Balaban J connectivity index is 0. The lowest BCUT2D eigenvalue weighted by Crippen LogP contribution is -2.48. The number of unbranched alkanes of at least 4 members (excludes halogenated alkanes) is 9. The first-order valence-corrected chi connectivity index (χ1v) is 9.31. The molecule has 0 saturated heterocycles. The minimum atomic E-state index is -4.48. The van der Waals surface area contributed by atoms with Crippen LogP contribution < -0.4 is 5.73 Å². The van der Waals surface area contributed by atoms with Gasteiger partial charge in [-0.1, -0.05) is 71.3 Å². The molecule has 0 bridgehead atoms. The SMILES string of the molecule is C=CC[NH3+].CCCCCCCCCCCCOS(=O)(=O)[O-]. The van der Waals surface area contributed by atoms with Crippen LogP contribution in [0.3, 0.4) is 0 Å². The van der Waals surface area contributed by atoms with Crippen molar-refractivity contribution in [1.29, 1.82) is 0 Å². The van der Waals surface area contributed by atoms with Crippen molar-refractivity contribution in [3.8, 4) is 0 Å². The molecule has 0 unspecified atom stereocenters. The predicted molar refractivity (Wildman–Crippen MR) is 85.4 cm³/mol. The van der Waals surface area contributed by atoms with Gasteiger partial charge in [0.2, 0.25) is 10.4 Å². The summed E-state index contributed by atoms with van der Waals surface area (Å²) in [5.41, 5.74) is 3.49. The Kier molecular flexibility index (Phi) is 19.2. The summed E-state index contributed by atoms with van der Waals surface area (Å²) >= 11 is 0. The highest BCUT2D eigenvalue weighted by atomic mass is 32.3. The van der Waals surface area contributed by atoms with Gasteiger partial charge in [-0.25, -0.2) is 8.42 Å². The Hall–Kier alpha value is -0.430. The van der Waals surface area contributed by atoms with Crippen molar-refractivity contribution in [2.45, 2.75) is 71.1 Å². The fourth-order valence-electron chi connectivity index (χ4n) is 1.75. The van der Waals surface area contributed by atoms with Crippen LogP contribution in [0.15, 0.2) is 12.7 Å². The lowest BCUT2D eigenvalue weighted by Gasteiger charge is -2.06. The van der Waals surface area contributed by atoms with Gasteiger partial charge in [-0.2, -0.15) is 0 Å². The number of rotatable bonds is 13. The molecule has 21 heavy (non-hydrogen) atoms. The van der Waals surface area contributed by atoms with Crippen molar-refractivity contribution in [1.82, 2.24) is 0 Å². The van der Waals surface area contributed by atoms with Crippen LogP contribution in [0.1, 0.15) is 71.1 Å². The first kappa shape index (κ1) is 22.8. The third kappa shape index (κ3) is 28.5. The van der Waals surface area contributed by atoms with E-state index in [1.165, 1.54) is 44.9 Å². The van der Waals surface area contributed by atoms with E-state index in [0.29, 0.717) is 6.42 Å². The Morgan fingerprint density at radius 3 is 1.71 bits per heavy atom. The van der Waals surface area contributed by atoms with Gasteiger partial charge in [0, 0.05) is 0 Å². The highest BCUT2D eigenvalue weighted by Gasteiger charge is 1.95. The second-order valence-corrected chi connectivity index (χ2v) is 6.04. The molecule has 0 rings (SSSR count). The van der Waals surface area contributed by atoms with Crippen molar-refractivity contribution < 1.29 is 22.9 Å². The van der Waals surface area contributed by atoms with Gasteiger partial charge in [-0.15, -0.1) is 0 Å². The summed E-state index contributed by atoms with van der Waals surface area (Å²) in [6.07, 6.45) is 13.5. The van der Waals surface area contributed by atoms with Crippen LogP contribution in [0.25, 0.3) is 0 Å². The Morgan fingerprint density at radius 2 is 1.38 bits per heavy atom. The summed E-state index contributed by atoms with van der Waals surface area (Å²) in [4.78, 5) is 0. The first-order valence-electron chi connectivity index (χ1n) is 7.98. The van der Waals surface area contributed by atoms with Gasteiger partial charge in [-0.3, -0.25) is 4.18 Å². The minimum absolute atomic E-state index is 0.0301. The van der Waals surface area contributed by atoms with E-state index in [2.05, 4.69) is 23.4 Å². The Labute approximate surface area is 130 Å². The summed E-state index contributed by atoms with van der Waals surface area (Å²) in [6.45, 7) is 6.49. The minimum Gasteiger partial charge on any atom is -0.726 e. The van der Waals surface area contributed by atoms with Crippen LogP contribution in [0.5, 0.6) is 0 Å². The van der Waals surface area contributed by atoms with Crippen molar-refractivity contribution >= 4 is 10.4 Å². The predicted octanol–water partition coefficient (Wildman–Crippen LogP) is 2.80. The lowest BCUT2D eigenvalue weighted by atomic mass is 10.1. The van der Waals surface area contributed by atoms with Crippen LogP contribution in [-0.4, -0.2) is 26.1 Å². The van der Waals surface area contributed by atoms with E-state index in [1.54, 1.807) is 6.08 Å². The molecule has 3 N–H and O–H groups in total. The van der Waals surface area contributed by atoms with Crippen LogP contribution in [0.2, 0.25) is 0 Å². The smallest absolute Gasteiger partial charge is 0.217 e. The molecule has 6 heteroatoms. The molecule has 0 spiro atoms. The summed E-state index contributed by atoms with van der Waals surface area (Å²) in [5, 5.41) is 0. The van der Waals surface area contributed by atoms with Crippen molar-refractivity contribution in [3.05, 3.63) is 12.7 Å². The quantitative estimate of drug-likeness (QED) is 0.244. The maximum absolute atomic E-state index is 10.1. The molecule has 0 aromatic carbocycles. The molecule has 0 aliphatic carbocycles. The number of quaternary nitrogens is 1. The number of hydrogen-bond acceptors (Lipinski definition) is 4. The summed E-state index contributed by atoms with van der Waals surface area (Å²) in [6, 6.07) is 0. The third-order valence-corrected chi connectivity index (χ3v) is 3.39. The van der Waals surface area contributed by atoms with Crippen LogP contribution in [-0.2, 0) is 14.6 Å². The van der Waals surface area contributed by atoms with Gasteiger partial charge < -0.3 is 10.3 Å². The topological polar surface area (TPSA) is 94.1 Å². The van der Waals surface area contributed by atoms with Gasteiger partial charge in [0.15, 0.2) is 0 Å². The molecule has 0 heterocycles. The van der Waals surface area contributed by atoms with Crippen molar-refractivity contribution in [2.75, 3.05) is 13.2 Å². The highest BCUT2D eigenvalue weighted by molar-refractivity contribution is 7.80. The third-order valence-electron chi connectivity index (χ3n) is 2.93. The van der Waals surface area contributed by atoms with E-state index < -0.39 is 10.4 Å². The monoisotopic (exact) mass is 323 g/mol. The zero-order valence-corrected chi connectivity index (χ0v) is 14.3.